The minimum atomic E-state index is -0.189. The van der Waals surface area contributed by atoms with Crippen molar-refractivity contribution in [3.8, 4) is 23.0 Å². The fraction of sp³-hybridized carbons (Fsp3) is 0.143. The highest BCUT2D eigenvalue weighted by atomic mass is 16.2. The van der Waals surface area contributed by atoms with Crippen LogP contribution in [0.3, 0.4) is 0 Å². The summed E-state index contributed by atoms with van der Waals surface area (Å²) in [6.45, 7) is 1.57. The average Bonchev–Trinajstić information content (AvgIpc) is 3.65. The molecule has 12 nitrogen and oxygen atoms in total. The summed E-state index contributed by atoms with van der Waals surface area (Å²) in [7, 11) is 0. The minimum absolute atomic E-state index is 0.189. The van der Waals surface area contributed by atoms with E-state index >= 15 is 0 Å². The molecular weight excluding hydrogens is 508 g/mol. The van der Waals surface area contributed by atoms with Gasteiger partial charge in [-0.1, -0.05) is 12.1 Å². The zero-order valence-electron chi connectivity index (χ0n) is 21.2. The Morgan fingerprint density at radius 1 is 0.600 bits per heavy atom. The molecule has 1 aliphatic rings. The molecule has 0 radical (unpaired) electrons. The summed E-state index contributed by atoms with van der Waals surface area (Å²) in [6.07, 6.45) is 6.75. The summed E-state index contributed by atoms with van der Waals surface area (Å²) in [5, 5.41) is 0. The molecule has 0 aliphatic carbocycles. The van der Waals surface area contributed by atoms with Crippen LogP contribution in [-0.4, -0.2) is 87.7 Å². The minimum Gasteiger partial charge on any atom is -0.335 e. The normalized spacial score (nSPS) is 13.7. The van der Waals surface area contributed by atoms with Crippen molar-refractivity contribution in [2.45, 2.75) is 0 Å². The van der Waals surface area contributed by atoms with Crippen molar-refractivity contribution in [2.24, 2.45) is 0 Å². The highest BCUT2D eigenvalue weighted by Crippen LogP contribution is 2.21. The molecule has 1 aliphatic heterocycles. The van der Waals surface area contributed by atoms with Gasteiger partial charge < -0.3 is 19.8 Å². The van der Waals surface area contributed by atoms with E-state index in [1.807, 2.05) is 24.3 Å². The van der Waals surface area contributed by atoms with Gasteiger partial charge in [0.25, 0.3) is 11.8 Å². The molecular formula is C28H22N10O2. The molecule has 2 N–H and O–H groups in total. The van der Waals surface area contributed by atoms with E-state index in [-0.39, 0.29) is 11.8 Å². The van der Waals surface area contributed by atoms with Gasteiger partial charge in [0.2, 0.25) is 0 Å². The highest BCUT2D eigenvalue weighted by Gasteiger charge is 2.27. The fourth-order valence-electron chi connectivity index (χ4n) is 4.76. The van der Waals surface area contributed by atoms with Gasteiger partial charge >= 0.3 is 0 Å². The largest absolute Gasteiger partial charge is 0.335 e. The van der Waals surface area contributed by atoms with Gasteiger partial charge in [0, 0.05) is 38.6 Å². The second-order valence-corrected chi connectivity index (χ2v) is 9.36. The Bertz CT molecular complexity index is 1680. The molecule has 2 amide bonds. The number of amides is 2. The predicted molar refractivity (Wildman–Crippen MR) is 146 cm³/mol. The van der Waals surface area contributed by atoms with Crippen molar-refractivity contribution >= 4 is 33.9 Å². The van der Waals surface area contributed by atoms with E-state index in [1.54, 1.807) is 58.9 Å². The van der Waals surface area contributed by atoms with Crippen LogP contribution < -0.4 is 0 Å². The number of H-pyrrole nitrogens is 2. The number of piperazine rings is 1. The van der Waals surface area contributed by atoms with Crippen molar-refractivity contribution in [1.29, 1.82) is 0 Å². The predicted octanol–water partition coefficient (Wildman–Crippen LogP) is 2.95. The fourth-order valence-corrected chi connectivity index (χ4v) is 4.76. The molecule has 0 aromatic carbocycles. The number of nitrogens with one attached hydrogen (secondary N) is 2. The average molecular weight is 531 g/mol. The molecule has 0 spiro atoms. The van der Waals surface area contributed by atoms with Crippen LogP contribution in [0.15, 0.2) is 73.3 Å². The first-order chi connectivity index (χ1) is 19.6. The maximum Gasteiger partial charge on any atom is 0.272 e. The molecule has 1 saturated heterocycles. The van der Waals surface area contributed by atoms with Crippen LogP contribution in [0.1, 0.15) is 21.0 Å². The molecule has 6 aromatic rings. The van der Waals surface area contributed by atoms with Crippen LogP contribution >= 0.6 is 0 Å². The Morgan fingerprint density at radius 3 is 1.48 bits per heavy atom. The lowest BCUT2D eigenvalue weighted by Crippen LogP contribution is -2.50. The number of hydrogen-bond donors (Lipinski definition) is 2. The summed E-state index contributed by atoms with van der Waals surface area (Å²) in [6, 6.07) is 14.2. The molecule has 0 bridgehead atoms. The molecule has 196 valence electrons. The summed E-state index contributed by atoms with van der Waals surface area (Å²) < 4.78 is 0. The van der Waals surface area contributed by atoms with E-state index in [9.17, 15) is 9.59 Å². The van der Waals surface area contributed by atoms with Crippen LogP contribution in [0.2, 0.25) is 0 Å². The Balaban J connectivity index is 1.03. The highest BCUT2D eigenvalue weighted by molar-refractivity contribution is 5.95. The third-order valence-electron chi connectivity index (χ3n) is 6.84. The number of carbonyl (C=O) groups excluding carboxylic acids is 2. The number of nitrogens with zero attached hydrogens (tertiary/aromatic N) is 8. The van der Waals surface area contributed by atoms with Gasteiger partial charge in [-0.05, 0) is 36.4 Å². The first kappa shape index (κ1) is 23.6. The van der Waals surface area contributed by atoms with Gasteiger partial charge in [0.15, 0.2) is 11.6 Å². The number of carbonyl (C=O) groups is 2. The summed E-state index contributed by atoms with van der Waals surface area (Å²) in [5.74, 6) is 0.765. The number of imidazole rings is 2. The summed E-state index contributed by atoms with van der Waals surface area (Å²) in [5.41, 5.74) is 4.94. The monoisotopic (exact) mass is 530 g/mol. The summed E-state index contributed by atoms with van der Waals surface area (Å²) in [4.78, 5) is 62.8. The maximum atomic E-state index is 13.3. The molecule has 6 aromatic heterocycles. The lowest BCUT2D eigenvalue weighted by atomic mass is 10.2. The lowest BCUT2D eigenvalue weighted by Gasteiger charge is -2.34. The standard InChI is InChI=1S/C28H22N10O2/c39-27(21-5-1-3-19(31-21)25-33-17-7-9-29-15-23(17)35-25)37-11-13-38(14-12-37)28(40)22-6-2-4-20(32-22)26-34-18-8-10-30-16-24(18)36-26/h1-10,15-16H,11-14H2,(H,33,35)(H,34,36). The van der Waals surface area contributed by atoms with Crippen molar-refractivity contribution in [3.63, 3.8) is 0 Å². The van der Waals surface area contributed by atoms with E-state index in [0.29, 0.717) is 60.6 Å². The Hall–Kier alpha value is -5.52. The SMILES string of the molecule is O=C(c1cccc(-c2nc3ccncc3[nH]2)n1)N1CCN(C(=O)c2cccc(-c3nc4ccncc4[nH]3)n2)CC1. The molecule has 1 fully saturated rings. The number of hydrogen-bond acceptors (Lipinski definition) is 8. The van der Waals surface area contributed by atoms with Crippen molar-refractivity contribution in [1.82, 2.24) is 49.7 Å². The topological polar surface area (TPSA) is 150 Å². The molecule has 40 heavy (non-hydrogen) atoms. The van der Waals surface area contributed by atoms with E-state index in [4.69, 9.17) is 0 Å². The number of aromatic nitrogens is 8. The maximum absolute atomic E-state index is 13.3. The van der Waals surface area contributed by atoms with Crippen LogP contribution in [0, 0.1) is 0 Å². The molecule has 7 heterocycles. The van der Waals surface area contributed by atoms with Crippen LogP contribution in [0.5, 0.6) is 0 Å². The van der Waals surface area contributed by atoms with E-state index in [1.165, 1.54) is 0 Å². The number of pyridine rings is 4. The van der Waals surface area contributed by atoms with E-state index < -0.39 is 0 Å². The van der Waals surface area contributed by atoms with Crippen molar-refractivity contribution in [2.75, 3.05) is 26.2 Å². The van der Waals surface area contributed by atoms with Crippen molar-refractivity contribution in [3.05, 3.63) is 84.7 Å². The number of rotatable bonds is 4. The molecule has 7 rings (SSSR count). The number of aromatic amines is 2. The Labute approximate surface area is 227 Å². The smallest absolute Gasteiger partial charge is 0.272 e. The van der Waals surface area contributed by atoms with Crippen molar-refractivity contribution < 1.29 is 9.59 Å². The third-order valence-corrected chi connectivity index (χ3v) is 6.84. The second kappa shape index (κ2) is 9.66. The summed E-state index contributed by atoms with van der Waals surface area (Å²) >= 11 is 0. The lowest BCUT2D eigenvalue weighted by molar-refractivity contribution is 0.0529. The third kappa shape index (κ3) is 4.30. The quantitative estimate of drug-likeness (QED) is 0.353. The van der Waals surface area contributed by atoms with Gasteiger partial charge in [-0.15, -0.1) is 0 Å². The zero-order chi connectivity index (χ0) is 27.1. The van der Waals surface area contributed by atoms with E-state index in [0.717, 1.165) is 22.1 Å². The van der Waals surface area contributed by atoms with Gasteiger partial charge in [0.05, 0.1) is 34.5 Å². The van der Waals surface area contributed by atoms with Crippen LogP contribution in [0.25, 0.3) is 45.1 Å². The second-order valence-electron chi connectivity index (χ2n) is 9.36. The molecule has 0 atom stereocenters. The van der Waals surface area contributed by atoms with Crippen LogP contribution in [0.4, 0.5) is 0 Å². The Morgan fingerprint density at radius 2 is 1.05 bits per heavy atom. The van der Waals surface area contributed by atoms with E-state index in [2.05, 4.69) is 39.9 Å². The molecule has 0 unspecified atom stereocenters. The first-order valence-electron chi connectivity index (χ1n) is 12.8. The van der Waals surface area contributed by atoms with Gasteiger partial charge in [-0.2, -0.15) is 0 Å². The van der Waals surface area contributed by atoms with Crippen LogP contribution in [-0.2, 0) is 0 Å². The van der Waals surface area contributed by atoms with Gasteiger partial charge in [0.1, 0.15) is 22.8 Å². The number of fused-ring (bicyclic) bond motifs is 2. The first-order valence-corrected chi connectivity index (χ1v) is 12.8. The van der Waals surface area contributed by atoms with Gasteiger partial charge in [-0.3, -0.25) is 19.6 Å². The van der Waals surface area contributed by atoms with Gasteiger partial charge in [-0.25, -0.2) is 19.9 Å². The zero-order valence-corrected chi connectivity index (χ0v) is 21.2. The Kier molecular flexibility index (Phi) is 5.69. The molecule has 0 saturated carbocycles. The molecule has 12 heteroatoms.